The molecule has 0 aliphatic heterocycles. The molecule has 2 amide bonds. The molecule has 0 unspecified atom stereocenters. The molecule has 0 aliphatic rings. The second-order valence-corrected chi connectivity index (χ2v) is 8.26. The highest BCUT2D eigenvalue weighted by Crippen LogP contribution is 2.24. The van der Waals surface area contributed by atoms with Crippen LogP contribution in [0.25, 0.3) is 22.5 Å². The summed E-state index contributed by atoms with van der Waals surface area (Å²) in [4.78, 5) is 33.2. The number of anilines is 1. The number of carbonyl (C=O) groups is 2. The lowest BCUT2D eigenvalue weighted by Crippen LogP contribution is -2.23. The van der Waals surface area contributed by atoms with Crippen LogP contribution in [0.3, 0.4) is 0 Å². The predicted molar refractivity (Wildman–Crippen MR) is 149 cm³/mol. The van der Waals surface area contributed by atoms with Crippen LogP contribution in [0.4, 0.5) is 5.69 Å². The van der Waals surface area contributed by atoms with Crippen molar-refractivity contribution >= 4 is 29.9 Å². The average Bonchev–Trinajstić information content (AvgIpc) is 3.48. The molecule has 4 aromatic carbocycles. The lowest BCUT2D eigenvalue weighted by molar-refractivity contribution is 0.0949. The van der Waals surface area contributed by atoms with Crippen LogP contribution in [0.2, 0.25) is 0 Å². The van der Waals surface area contributed by atoms with Crippen LogP contribution < -0.4 is 10.6 Å². The van der Waals surface area contributed by atoms with Crippen LogP contribution in [0, 0.1) is 0 Å². The Morgan fingerprint density at radius 3 is 2.27 bits per heavy atom. The van der Waals surface area contributed by atoms with Gasteiger partial charge in [0.15, 0.2) is 0 Å². The Bertz CT molecular complexity index is 1480. The summed E-state index contributed by atoms with van der Waals surface area (Å²) in [6.07, 6.45) is 3.49. The summed E-state index contributed by atoms with van der Waals surface area (Å²) in [6, 6.07) is 32.0. The van der Waals surface area contributed by atoms with Crippen LogP contribution in [0.1, 0.15) is 26.3 Å². The van der Waals surface area contributed by atoms with E-state index in [0.29, 0.717) is 23.4 Å². The molecule has 0 radical (unpaired) electrons. The third-order valence-electron chi connectivity index (χ3n) is 5.82. The van der Waals surface area contributed by atoms with Gasteiger partial charge in [-0.3, -0.25) is 9.59 Å². The lowest BCUT2D eigenvalue weighted by atomic mass is 9.99. The largest absolute Gasteiger partial charge is 0.348 e. The second-order valence-electron chi connectivity index (χ2n) is 8.26. The van der Waals surface area contributed by atoms with Gasteiger partial charge in [-0.1, -0.05) is 78.9 Å². The Labute approximate surface area is 221 Å². The molecule has 6 nitrogen and oxygen atoms in total. The van der Waals surface area contributed by atoms with E-state index < -0.39 is 0 Å². The summed E-state index contributed by atoms with van der Waals surface area (Å²) in [6.45, 7) is 0.387. The molecule has 37 heavy (non-hydrogen) atoms. The van der Waals surface area contributed by atoms with Crippen molar-refractivity contribution in [3.63, 3.8) is 0 Å². The number of halogens is 1. The highest BCUT2D eigenvalue weighted by Gasteiger charge is 2.14. The first kappa shape index (κ1) is 25.4. The molecule has 5 aromatic rings. The van der Waals surface area contributed by atoms with Gasteiger partial charge in [0, 0.05) is 41.3 Å². The number of carbonyl (C=O) groups excluding carboxylic acids is 2. The van der Waals surface area contributed by atoms with Gasteiger partial charge in [0.1, 0.15) is 5.82 Å². The Balaban J connectivity index is 0.00000320. The number of aromatic amines is 1. The minimum atomic E-state index is -0.233. The van der Waals surface area contributed by atoms with Crippen molar-refractivity contribution in [2.75, 3.05) is 5.32 Å². The average molecular weight is 509 g/mol. The van der Waals surface area contributed by atoms with Crippen molar-refractivity contribution < 1.29 is 9.59 Å². The van der Waals surface area contributed by atoms with E-state index in [1.54, 1.807) is 42.7 Å². The Morgan fingerprint density at radius 2 is 1.51 bits per heavy atom. The third kappa shape index (κ3) is 6.12. The standard InChI is InChI=1S/C30H24N4O2.ClH/c35-29(33-20-21-13-15-23(16-14-21)28-31-17-18-32-28)24-9-6-10-25(19-24)34-30(36)27-12-5-4-11-26(27)22-7-2-1-3-8-22;/h1-19H,20H2,(H,31,32)(H,33,35)(H,34,36);1H. The molecule has 0 spiro atoms. The maximum atomic E-state index is 13.1. The van der Waals surface area contributed by atoms with Crippen LogP contribution in [-0.2, 0) is 6.54 Å². The first-order chi connectivity index (χ1) is 17.7. The van der Waals surface area contributed by atoms with E-state index in [1.165, 1.54) is 0 Å². The Kier molecular flexibility index (Phi) is 8.13. The fraction of sp³-hybridized carbons (Fsp3) is 0.0333. The minimum absolute atomic E-state index is 0. The Hall–Kier alpha value is -4.68. The normalized spacial score (nSPS) is 10.3. The van der Waals surface area contributed by atoms with Gasteiger partial charge in [-0.05, 0) is 41.0 Å². The topological polar surface area (TPSA) is 86.9 Å². The second kappa shape index (κ2) is 11.8. The van der Waals surface area contributed by atoms with E-state index in [2.05, 4.69) is 20.6 Å². The van der Waals surface area contributed by atoms with E-state index in [-0.39, 0.29) is 24.2 Å². The summed E-state index contributed by atoms with van der Waals surface area (Å²) in [5.41, 5.74) is 5.36. The Morgan fingerprint density at radius 1 is 0.757 bits per heavy atom. The van der Waals surface area contributed by atoms with Crippen molar-refractivity contribution in [2.24, 2.45) is 0 Å². The molecule has 0 fully saturated rings. The van der Waals surface area contributed by atoms with Crippen molar-refractivity contribution in [1.29, 1.82) is 0 Å². The number of hydrogen-bond acceptors (Lipinski definition) is 3. The number of aromatic nitrogens is 2. The summed E-state index contributed by atoms with van der Waals surface area (Å²) in [5.74, 6) is 0.352. The predicted octanol–water partition coefficient (Wildman–Crippen LogP) is 6.35. The van der Waals surface area contributed by atoms with Crippen molar-refractivity contribution in [3.8, 4) is 22.5 Å². The van der Waals surface area contributed by atoms with Gasteiger partial charge >= 0.3 is 0 Å². The summed E-state index contributed by atoms with van der Waals surface area (Å²) < 4.78 is 0. The molecular formula is C30H25ClN4O2. The zero-order chi connectivity index (χ0) is 24.7. The van der Waals surface area contributed by atoms with E-state index in [0.717, 1.165) is 28.1 Å². The van der Waals surface area contributed by atoms with Gasteiger partial charge in [-0.15, -0.1) is 12.4 Å². The van der Waals surface area contributed by atoms with Gasteiger partial charge in [0.25, 0.3) is 11.8 Å². The molecule has 0 aliphatic carbocycles. The quantitative estimate of drug-likeness (QED) is 0.239. The smallest absolute Gasteiger partial charge is 0.256 e. The van der Waals surface area contributed by atoms with Gasteiger partial charge < -0.3 is 15.6 Å². The number of H-pyrrole nitrogens is 1. The summed E-state index contributed by atoms with van der Waals surface area (Å²) in [5, 5.41) is 5.87. The fourth-order valence-electron chi connectivity index (χ4n) is 3.98. The molecule has 1 heterocycles. The highest BCUT2D eigenvalue weighted by molar-refractivity contribution is 6.09. The molecular weight excluding hydrogens is 484 g/mol. The summed E-state index contributed by atoms with van der Waals surface area (Å²) in [7, 11) is 0. The molecule has 184 valence electrons. The van der Waals surface area contributed by atoms with Gasteiger partial charge in [0.05, 0.1) is 0 Å². The number of hydrogen-bond donors (Lipinski definition) is 3. The fourth-order valence-corrected chi connectivity index (χ4v) is 3.98. The SMILES string of the molecule is Cl.O=C(NCc1ccc(-c2ncc[nH]2)cc1)c1cccc(NC(=O)c2ccccc2-c2ccccc2)c1. The molecule has 3 N–H and O–H groups in total. The zero-order valence-corrected chi connectivity index (χ0v) is 20.7. The minimum Gasteiger partial charge on any atom is -0.348 e. The summed E-state index contributed by atoms with van der Waals surface area (Å²) >= 11 is 0. The van der Waals surface area contributed by atoms with Crippen molar-refractivity contribution in [2.45, 2.75) is 6.54 Å². The van der Waals surface area contributed by atoms with E-state index in [4.69, 9.17) is 0 Å². The van der Waals surface area contributed by atoms with Crippen LogP contribution in [0.5, 0.6) is 0 Å². The molecule has 1 aromatic heterocycles. The highest BCUT2D eigenvalue weighted by atomic mass is 35.5. The molecule has 0 saturated heterocycles. The first-order valence-electron chi connectivity index (χ1n) is 11.6. The van der Waals surface area contributed by atoms with Gasteiger partial charge in [0.2, 0.25) is 0 Å². The van der Waals surface area contributed by atoms with E-state index in [9.17, 15) is 9.59 Å². The first-order valence-corrected chi connectivity index (χ1v) is 11.6. The van der Waals surface area contributed by atoms with Gasteiger partial charge in [-0.25, -0.2) is 4.98 Å². The van der Waals surface area contributed by atoms with Crippen molar-refractivity contribution in [1.82, 2.24) is 15.3 Å². The number of rotatable bonds is 7. The molecule has 7 heteroatoms. The van der Waals surface area contributed by atoms with Crippen LogP contribution in [-0.4, -0.2) is 21.8 Å². The maximum Gasteiger partial charge on any atom is 0.256 e. The molecule has 5 rings (SSSR count). The zero-order valence-electron chi connectivity index (χ0n) is 19.8. The third-order valence-corrected chi connectivity index (χ3v) is 5.82. The van der Waals surface area contributed by atoms with Gasteiger partial charge in [-0.2, -0.15) is 0 Å². The number of amides is 2. The van der Waals surface area contributed by atoms with E-state index >= 15 is 0 Å². The van der Waals surface area contributed by atoms with Crippen molar-refractivity contribution in [3.05, 3.63) is 132 Å². The van der Waals surface area contributed by atoms with E-state index in [1.807, 2.05) is 72.8 Å². The lowest BCUT2D eigenvalue weighted by Gasteiger charge is -2.12. The van der Waals surface area contributed by atoms with Crippen LogP contribution >= 0.6 is 12.4 Å². The molecule has 0 bridgehead atoms. The number of nitrogens with one attached hydrogen (secondary N) is 3. The maximum absolute atomic E-state index is 13.1. The number of imidazole rings is 1. The monoisotopic (exact) mass is 508 g/mol. The number of benzene rings is 4. The van der Waals surface area contributed by atoms with Crippen LogP contribution in [0.15, 0.2) is 116 Å². The molecule has 0 atom stereocenters. The number of nitrogens with zero attached hydrogens (tertiary/aromatic N) is 1. The molecule has 0 saturated carbocycles.